The van der Waals surface area contributed by atoms with Crippen molar-refractivity contribution in [2.75, 3.05) is 13.7 Å². The van der Waals surface area contributed by atoms with Crippen LogP contribution in [0.2, 0.25) is 0 Å². The first-order valence-electron chi connectivity index (χ1n) is 12.1. The standard InChI is InChI=1S/C28H27N5O4/c1-37-26-7-3-6-23-22(26)14-24(33-23)25(34)13-20(11-17-4-2-5-18(10-17)15-29)28(36)32-21(16-30)12-19-8-9-31-27(19)35/h2-7,10,14,19-21,33H,8-9,11-13H2,1H3,(H,31,35)(H,32,36)/t19?,20-,21+/m1/s1. The molecule has 1 fully saturated rings. The fourth-order valence-electron chi connectivity index (χ4n) is 4.69. The first kappa shape index (κ1) is 25.5. The highest BCUT2D eigenvalue weighted by Gasteiger charge is 2.30. The fourth-order valence-corrected chi connectivity index (χ4v) is 4.69. The number of hydrogen-bond donors (Lipinski definition) is 3. The van der Waals surface area contributed by atoms with Crippen LogP contribution in [0.4, 0.5) is 0 Å². The molecule has 3 aromatic rings. The van der Waals surface area contributed by atoms with Crippen LogP contribution in [-0.4, -0.2) is 42.3 Å². The van der Waals surface area contributed by atoms with Crippen LogP contribution < -0.4 is 15.4 Å². The average Bonchev–Trinajstić information content (AvgIpc) is 3.53. The number of aromatic nitrogens is 1. The number of ether oxygens (including phenoxy) is 1. The first-order valence-corrected chi connectivity index (χ1v) is 12.1. The molecule has 188 valence electrons. The number of nitriles is 2. The molecule has 0 aliphatic carbocycles. The monoisotopic (exact) mass is 497 g/mol. The molecule has 1 aliphatic heterocycles. The van der Waals surface area contributed by atoms with Crippen LogP contribution >= 0.6 is 0 Å². The molecule has 9 nitrogen and oxygen atoms in total. The van der Waals surface area contributed by atoms with E-state index in [0.29, 0.717) is 30.0 Å². The minimum Gasteiger partial charge on any atom is -0.496 e. The maximum atomic E-state index is 13.4. The van der Waals surface area contributed by atoms with Gasteiger partial charge < -0.3 is 20.4 Å². The smallest absolute Gasteiger partial charge is 0.224 e. The van der Waals surface area contributed by atoms with Crippen molar-refractivity contribution >= 4 is 28.5 Å². The molecular weight excluding hydrogens is 470 g/mol. The van der Waals surface area contributed by atoms with E-state index in [2.05, 4.69) is 27.8 Å². The van der Waals surface area contributed by atoms with Crippen molar-refractivity contribution in [3.05, 3.63) is 65.4 Å². The Labute approximate surface area is 214 Å². The summed E-state index contributed by atoms with van der Waals surface area (Å²) in [6.45, 7) is 0.553. The van der Waals surface area contributed by atoms with Gasteiger partial charge in [0.15, 0.2) is 5.78 Å². The summed E-state index contributed by atoms with van der Waals surface area (Å²) in [5.41, 5.74) is 2.27. The van der Waals surface area contributed by atoms with Gasteiger partial charge in [-0.15, -0.1) is 0 Å². The first-order chi connectivity index (χ1) is 17.9. The van der Waals surface area contributed by atoms with Crippen LogP contribution in [0, 0.1) is 34.5 Å². The fraction of sp³-hybridized carbons (Fsp3) is 0.321. The van der Waals surface area contributed by atoms with Crippen LogP contribution in [0.5, 0.6) is 5.75 Å². The Kier molecular flexibility index (Phi) is 7.85. The Bertz CT molecular complexity index is 1410. The lowest BCUT2D eigenvalue weighted by Crippen LogP contribution is -2.41. The normalized spacial score (nSPS) is 16.3. The van der Waals surface area contributed by atoms with Gasteiger partial charge in [-0.3, -0.25) is 14.4 Å². The molecule has 9 heteroatoms. The number of nitrogens with one attached hydrogen (secondary N) is 3. The summed E-state index contributed by atoms with van der Waals surface area (Å²) in [7, 11) is 1.56. The summed E-state index contributed by atoms with van der Waals surface area (Å²) < 4.78 is 5.38. The molecule has 2 amide bonds. The quantitative estimate of drug-likeness (QED) is 0.367. The molecule has 0 saturated carbocycles. The molecule has 1 aliphatic rings. The Morgan fingerprint density at radius 3 is 2.70 bits per heavy atom. The molecular formula is C28H27N5O4. The number of aromatic amines is 1. The lowest BCUT2D eigenvalue weighted by Gasteiger charge is -2.20. The van der Waals surface area contributed by atoms with Gasteiger partial charge in [0.05, 0.1) is 30.5 Å². The number of rotatable bonds is 10. The zero-order valence-electron chi connectivity index (χ0n) is 20.4. The number of amides is 2. The molecule has 3 N–H and O–H groups in total. The molecule has 0 spiro atoms. The molecule has 0 bridgehead atoms. The zero-order valence-corrected chi connectivity index (χ0v) is 20.4. The number of fused-ring (bicyclic) bond motifs is 1. The molecule has 3 atom stereocenters. The summed E-state index contributed by atoms with van der Waals surface area (Å²) in [4.78, 5) is 41.7. The van der Waals surface area contributed by atoms with E-state index in [0.717, 1.165) is 16.5 Å². The molecule has 0 radical (unpaired) electrons. The molecule has 1 aromatic heterocycles. The average molecular weight is 498 g/mol. The molecule has 2 aromatic carbocycles. The second kappa shape index (κ2) is 11.4. The van der Waals surface area contributed by atoms with Crippen molar-refractivity contribution < 1.29 is 19.1 Å². The van der Waals surface area contributed by atoms with Crippen molar-refractivity contribution in [1.82, 2.24) is 15.6 Å². The Morgan fingerprint density at radius 1 is 1.19 bits per heavy atom. The van der Waals surface area contributed by atoms with Crippen LogP contribution in [0.25, 0.3) is 10.9 Å². The lowest BCUT2D eigenvalue weighted by atomic mass is 9.91. The third-order valence-corrected chi connectivity index (χ3v) is 6.64. The van der Waals surface area contributed by atoms with Crippen molar-refractivity contribution in [3.8, 4) is 17.9 Å². The number of Topliss-reactive ketones (excluding diaryl/α,β-unsaturated/α-hetero) is 1. The summed E-state index contributed by atoms with van der Waals surface area (Å²) in [6.07, 6.45) is 0.915. The van der Waals surface area contributed by atoms with Gasteiger partial charge in [-0.25, -0.2) is 0 Å². The van der Waals surface area contributed by atoms with Crippen molar-refractivity contribution in [2.24, 2.45) is 11.8 Å². The third kappa shape index (κ3) is 5.96. The van der Waals surface area contributed by atoms with E-state index >= 15 is 0 Å². The summed E-state index contributed by atoms with van der Waals surface area (Å²) in [5.74, 6) is -1.33. The number of methoxy groups -OCH3 is 1. The third-order valence-electron chi connectivity index (χ3n) is 6.64. The Hall–Kier alpha value is -4.63. The summed E-state index contributed by atoms with van der Waals surface area (Å²) >= 11 is 0. The second-order valence-electron chi connectivity index (χ2n) is 9.15. The summed E-state index contributed by atoms with van der Waals surface area (Å²) in [6, 6.07) is 17.3. The van der Waals surface area contributed by atoms with Gasteiger partial charge in [-0.05, 0) is 55.2 Å². The Balaban J connectivity index is 1.55. The van der Waals surface area contributed by atoms with Crippen LogP contribution in [0.15, 0.2) is 48.5 Å². The highest BCUT2D eigenvalue weighted by molar-refractivity contribution is 6.02. The Morgan fingerprint density at radius 2 is 2.00 bits per heavy atom. The van der Waals surface area contributed by atoms with Gasteiger partial charge in [0, 0.05) is 35.7 Å². The number of carbonyl (C=O) groups excluding carboxylic acids is 3. The van der Waals surface area contributed by atoms with Crippen molar-refractivity contribution in [3.63, 3.8) is 0 Å². The van der Waals surface area contributed by atoms with E-state index in [9.17, 15) is 24.9 Å². The van der Waals surface area contributed by atoms with E-state index < -0.39 is 17.9 Å². The minimum absolute atomic E-state index is 0.111. The van der Waals surface area contributed by atoms with E-state index in [1.807, 2.05) is 12.1 Å². The van der Waals surface area contributed by atoms with Gasteiger partial charge in [0.1, 0.15) is 11.8 Å². The maximum Gasteiger partial charge on any atom is 0.224 e. The highest BCUT2D eigenvalue weighted by Crippen LogP contribution is 2.27. The van der Waals surface area contributed by atoms with Crippen LogP contribution in [-0.2, 0) is 16.0 Å². The van der Waals surface area contributed by atoms with E-state index in [4.69, 9.17) is 4.74 Å². The highest BCUT2D eigenvalue weighted by atomic mass is 16.5. The number of hydrogen-bond acceptors (Lipinski definition) is 6. The summed E-state index contributed by atoms with van der Waals surface area (Å²) in [5, 5.41) is 25.1. The topological polar surface area (TPSA) is 148 Å². The van der Waals surface area contributed by atoms with Gasteiger partial charge in [0.25, 0.3) is 0 Å². The van der Waals surface area contributed by atoms with Crippen molar-refractivity contribution in [2.45, 2.75) is 31.7 Å². The maximum absolute atomic E-state index is 13.4. The lowest BCUT2D eigenvalue weighted by molar-refractivity contribution is -0.126. The van der Waals surface area contributed by atoms with Gasteiger partial charge in [-0.1, -0.05) is 18.2 Å². The van der Waals surface area contributed by atoms with Crippen molar-refractivity contribution in [1.29, 1.82) is 10.5 Å². The van der Waals surface area contributed by atoms with E-state index in [1.165, 1.54) is 0 Å². The number of benzene rings is 2. The predicted molar refractivity (Wildman–Crippen MR) is 135 cm³/mol. The van der Waals surface area contributed by atoms with Gasteiger partial charge >= 0.3 is 0 Å². The largest absolute Gasteiger partial charge is 0.496 e. The minimum atomic E-state index is -0.860. The van der Waals surface area contributed by atoms with Crippen LogP contribution in [0.1, 0.15) is 40.9 Å². The molecule has 4 rings (SSSR count). The van der Waals surface area contributed by atoms with Gasteiger partial charge in [-0.2, -0.15) is 10.5 Å². The predicted octanol–water partition coefficient (Wildman–Crippen LogP) is 3.01. The number of carbonyl (C=O) groups is 3. The number of nitrogens with zero attached hydrogens (tertiary/aromatic N) is 2. The molecule has 1 unspecified atom stereocenters. The molecule has 1 saturated heterocycles. The van der Waals surface area contributed by atoms with Gasteiger partial charge in [0.2, 0.25) is 11.8 Å². The molecule has 37 heavy (non-hydrogen) atoms. The van der Waals surface area contributed by atoms with Crippen LogP contribution in [0.3, 0.4) is 0 Å². The SMILES string of the molecule is COc1cccc2[nH]c(C(=O)C[C@@H](Cc3cccc(C#N)c3)C(=O)N[C@H](C#N)CC3CCNC3=O)cc12. The number of H-pyrrole nitrogens is 1. The second-order valence-corrected chi connectivity index (χ2v) is 9.15. The zero-order chi connectivity index (χ0) is 26.4. The van der Waals surface area contributed by atoms with E-state index in [-0.39, 0.29) is 36.9 Å². The number of ketones is 1. The molecule has 2 heterocycles. The van der Waals surface area contributed by atoms with E-state index in [1.54, 1.807) is 43.5 Å².